The summed E-state index contributed by atoms with van der Waals surface area (Å²) in [4.78, 5) is 15.6. The van der Waals surface area contributed by atoms with E-state index in [2.05, 4.69) is 27.0 Å². The predicted molar refractivity (Wildman–Crippen MR) is 99.8 cm³/mol. The van der Waals surface area contributed by atoms with Crippen LogP contribution in [0.5, 0.6) is 0 Å². The summed E-state index contributed by atoms with van der Waals surface area (Å²) >= 11 is 1.80. The Morgan fingerprint density at radius 3 is 2.59 bits per heavy atom. The Morgan fingerprint density at radius 2 is 1.85 bits per heavy atom. The molecule has 3 rings (SSSR count). The third kappa shape index (κ3) is 5.71. The highest BCUT2D eigenvalue weighted by Gasteiger charge is 2.29. The first-order chi connectivity index (χ1) is 12.9. The molecule has 1 aliphatic rings. The third-order valence-electron chi connectivity index (χ3n) is 4.58. The van der Waals surface area contributed by atoms with Crippen molar-refractivity contribution >= 4 is 17.4 Å². The van der Waals surface area contributed by atoms with Crippen LogP contribution in [0.25, 0.3) is 0 Å². The second kappa shape index (κ2) is 8.75. The van der Waals surface area contributed by atoms with Gasteiger partial charge in [-0.3, -0.25) is 4.90 Å². The standard InChI is InChI=1S/C19H22F3N3OS/c20-19(21,22)16-3-1-14(2-4-16)5-8-23-18(26)24-9-11-25-10-6-17-15(13-25)7-12-27-17/h1-4,7,12H,5-6,8-11,13H2,(H2,23,24,26). The van der Waals surface area contributed by atoms with Crippen molar-refractivity contribution in [1.29, 1.82) is 0 Å². The molecule has 0 spiro atoms. The van der Waals surface area contributed by atoms with Crippen molar-refractivity contribution in [3.05, 3.63) is 57.3 Å². The number of nitrogens with zero attached hydrogens (tertiary/aromatic N) is 1. The molecule has 2 amide bonds. The molecule has 0 saturated heterocycles. The van der Waals surface area contributed by atoms with Crippen LogP contribution in [0.4, 0.5) is 18.0 Å². The molecule has 0 saturated carbocycles. The van der Waals surface area contributed by atoms with E-state index in [4.69, 9.17) is 0 Å². The van der Waals surface area contributed by atoms with E-state index >= 15 is 0 Å². The quantitative estimate of drug-likeness (QED) is 0.781. The van der Waals surface area contributed by atoms with Crippen LogP contribution in [0.1, 0.15) is 21.6 Å². The Morgan fingerprint density at radius 1 is 1.11 bits per heavy atom. The smallest absolute Gasteiger partial charge is 0.338 e. The number of hydrogen-bond acceptors (Lipinski definition) is 3. The molecule has 27 heavy (non-hydrogen) atoms. The number of urea groups is 1. The fourth-order valence-corrected chi connectivity index (χ4v) is 3.96. The molecule has 1 aromatic heterocycles. The van der Waals surface area contributed by atoms with Gasteiger partial charge in [0, 0.05) is 37.6 Å². The maximum absolute atomic E-state index is 12.5. The first kappa shape index (κ1) is 19.7. The number of benzene rings is 1. The molecule has 1 aliphatic heterocycles. The lowest BCUT2D eigenvalue weighted by molar-refractivity contribution is -0.137. The van der Waals surface area contributed by atoms with E-state index in [-0.39, 0.29) is 6.03 Å². The van der Waals surface area contributed by atoms with Gasteiger partial charge >= 0.3 is 12.2 Å². The number of carbonyl (C=O) groups is 1. The lowest BCUT2D eigenvalue weighted by atomic mass is 10.1. The largest absolute Gasteiger partial charge is 0.416 e. The van der Waals surface area contributed by atoms with Crippen LogP contribution in [0.3, 0.4) is 0 Å². The van der Waals surface area contributed by atoms with Crippen LogP contribution in [-0.2, 0) is 25.6 Å². The molecule has 0 unspecified atom stereocenters. The average Bonchev–Trinajstić information content (AvgIpc) is 3.09. The molecule has 4 nitrogen and oxygen atoms in total. The lowest BCUT2D eigenvalue weighted by Gasteiger charge is -2.26. The van der Waals surface area contributed by atoms with Crippen molar-refractivity contribution in [1.82, 2.24) is 15.5 Å². The molecule has 2 N–H and O–H groups in total. The number of amides is 2. The van der Waals surface area contributed by atoms with Gasteiger partial charge in [-0.15, -0.1) is 11.3 Å². The second-order valence-electron chi connectivity index (χ2n) is 6.52. The Labute approximate surface area is 160 Å². The van der Waals surface area contributed by atoms with Gasteiger partial charge in [-0.1, -0.05) is 12.1 Å². The molecular weight excluding hydrogens is 375 g/mol. The maximum atomic E-state index is 12.5. The van der Waals surface area contributed by atoms with Crippen molar-refractivity contribution in [2.75, 3.05) is 26.2 Å². The van der Waals surface area contributed by atoms with E-state index in [9.17, 15) is 18.0 Å². The molecule has 2 heterocycles. The Balaban J connectivity index is 1.31. The van der Waals surface area contributed by atoms with Gasteiger partial charge in [-0.25, -0.2) is 4.79 Å². The van der Waals surface area contributed by atoms with Crippen molar-refractivity contribution in [3.8, 4) is 0 Å². The molecule has 0 fully saturated rings. The zero-order chi connectivity index (χ0) is 19.3. The van der Waals surface area contributed by atoms with E-state index in [1.807, 2.05) is 0 Å². The van der Waals surface area contributed by atoms with Crippen LogP contribution in [-0.4, -0.2) is 37.1 Å². The number of hydrogen-bond donors (Lipinski definition) is 2. The molecule has 0 bridgehead atoms. The number of carbonyl (C=O) groups excluding carboxylic acids is 1. The van der Waals surface area contributed by atoms with Gasteiger partial charge < -0.3 is 10.6 Å². The molecule has 0 radical (unpaired) electrons. The average molecular weight is 397 g/mol. The topological polar surface area (TPSA) is 44.4 Å². The van der Waals surface area contributed by atoms with Crippen molar-refractivity contribution < 1.29 is 18.0 Å². The van der Waals surface area contributed by atoms with Crippen molar-refractivity contribution in [2.24, 2.45) is 0 Å². The SMILES string of the molecule is O=C(NCCc1ccc(C(F)(F)F)cc1)NCCN1CCc2sccc2C1. The third-order valence-corrected chi connectivity index (χ3v) is 5.60. The Kier molecular flexibility index (Phi) is 6.38. The van der Waals surface area contributed by atoms with Crippen LogP contribution in [0, 0.1) is 0 Å². The van der Waals surface area contributed by atoms with Gasteiger partial charge in [0.25, 0.3) is 0 Å². The number of alkyl halides is 3. The monoisotopic (exact) mass is 397 g/mol. The summed E-state index contributed by atoms with van der Waals surface area (Å²) in [6.45, 7) is 3.66. The minimum absolute atomic E-state index is 0.254. The van der Waals surface area contributed by atoms with Gasteiger partial charge in [0.1, 0.15) is 0 Å². The van der Waals surface area contributed by atoms with E-state index < -0.39 is 11.7 Å². The number of rotatable bonds is 6. The molecule has 2 aromatic rings. The minimum atomic E-state index is -4.32. The number of fused-ring (bicyclic) bond motifs is 1. The van der Waals surface area contributed by atoms with Crippen LogP contribution >= 0.6 is 11.3 Å². The first-order valence-electron chi connectivity index (χ1n) is 8.87. The van der Waals surface area contributed by atoms with Gasteiger partial charge in [0.15, 0.2) is 0 Å². The molecule has 0 atom stereocenters. The van der Waals surface area contributed by atoms with Gasteiger partial charge in [-0.2, -0.15) is 13.2 Å². The highest BCUT2D eigenvalue weighted by atomic mass is 32.1. The summed E-state index contributed by atoms with van der Waals surface area (Å²) in [5, 5.41) is 7.68. The van der Waals surface area contributed by atoms with E-state index in [0.29, 0.717) is 19.5 Å². The van der Waals surface area contributed by atoms with Crippen LogP contribution in [0.2, 0.25) is 0 Å². The van der Waals surface area contributed by atoms with Gasteiger partial charge in [0.05, 0.1) is 5.56 Å². The summed E-state index contributed by atoms with van der Waals surface area (Å²) < 4.78 is 37.6. The summed E-state index contributed by atoms with van der Waals surface area (Å²) in [6.07, 6.45) is -2.78. The Hall–Kier alpha value is -2.06. The molecule has 146 valence electrons. The first-order valence-corrected chi connectivity index (χ1v) is 9.75. The summed E-state index contributed by atoms with van der Waals surface area (Å²) in [7, 11) is 0. The number of nitrogens with one attached hydrogen (secondary N) is 2. The summed E-state index contributed by atoms with van der Waals surface area (Å²) in [5.41, 5.74) is 1.47. The molecule has 1 aromatic carbocycles. The predicted octanol–water partition coefficient (Wildman–Crippen LogP) is 3.67. The fraction of sp³-hybridized carbons (Fsp3) is 0.421. The van der Waals surface area contributed by atoms with Gasteiger partial charge in [0.2, 0.25) is 0 Å². The van der Waals surface area contributed by atoms with E-state index in [1.54, 1.807) is 11.3 Å². The van der Waals surface area contributed by atoms with Gasteiger partial charge in [-0.05, 0) is 47.5 Å². The number of thiophene rings is 1. The maximum Gasteiger partial charge on any atom is 0.416 e. The Bertz CT molecular complexity index is 758. The van der Waals surface area contributed by atoms with E-state index in [1.165, 1.54) is 22.6 Å². The summed E-state index contributed by atoms with van der Waals surface area (Å²) in [5.74, 6) is 0. The summed E-state index contributed by atoms with van der Waals surface area (Å²) in [6, 6.07) is 6.91. The lowest BCUT2D eigenvalue weighted by Crippen LogP contribution is -2.42. The number of halogens is 3. The molecular formula is C19H22F3N3OS. The van der Waals surface area contributed by atoms with Crippen molar-refractivity contribution in [3.63, 3.8) is 0 Å². The van der Waals surface area contributed by atoms with Crippen LogP contribution < -0.4 is 10.6 Å². The normalized spacial score (nSPS) is 14.6. The van der Waals surface area contributed by atoms with E-state index in [0.717, 1.165) is 43.8 Å². The van der Waals surface area contributed by atoms with Crippen LogP contribution in [0.15, 0.2) is 35.7 Å². The van der Waals surface area contributed by atoms with Crippen molar-refractivity contribution in [2.45, 2.75) is 25.6 Å². The second-order valence-corrected chi connectivity index (χ2v) is 7.52. The zero-order valence-corrected chi connectivity index (χ0v) is 15.6. The zero-order valence-electron chi connectivity index (χ0n) is 14.8. The molecule has 8 heteroatoms. The fourth-order valence-electron chi connectivity index (χ4n) is 3.07. The highest BCUT2D eigenvalue weighted by molar-refractivity contribution is 7.10. The molecule has 0 aliphatic carbocycles. The minimum Gasteiger partial charge on any atom is -0.338 e. The highest BCUT2D eigenvalue weighted by Crippen LogP contribution is 2.29.